The summed E-state index contributed by atoms with van der Waals surface area (Å²) in [6, 6.07) is 10.6. The number of nitrogens with two attached hydrogens (primary N) is 1. The maximum Gasteiger partial charge on any atom is 0.121 e. The first kappa shape index (κ1) is 11.1. The van der Waals surface area contributed by atoms with Crippen LogP contribution in [0.1, 0.15) is 18.2 Å². The number of rotatable bonds is 3. The number of aromatic nitrogens is 2. The van der Waals surface area contributed by atoms with Gasteiger partial charge in [-0.25, -0.2) is 0 Å². The Morgan fingerprint density at radius 2 is 2.17 bits per heavy atom. The summed E-state index contributed by atoms with van der Waals surface area (Å²) in [5, 5.41) is 4.51. The van der Waals surface area contributed by atoms with E-state index in [4.69, 9.17) is 5.73 Å². The number of fused-ring (bicyclic) bond motifs is 1. The SMILES string of the molecule is CCn1nc(CN2CCc3ccccc32)cc1N. The van der Waals surface area contributed by atoms with Gasteiger partial charge in [0.15, 0.2) is 0 Å². The fourth-order valence-electron chi connectivity index (χ4n) is 2.58. The normalized spacial score (nSPS) is 13.9. The molecule has 0 aliphatic carbocycles. The molecular formula is C14H18N4. The zero-order chi connectivity index (χ0) is 12.5. The number of aryl methyl sites for hydroxylation is 1. The summed E-state index contributed by atoms with van der Waals surface area (Å²) in [5.74, 6) is 0.750. The van der Waals surface area contributed by atoms with Crippen LogP contribution in [-0.2, 0) is 19.5 Å². The minimum Gasteiger partial charge on any atom is -0.384 e. The molecule has 1 aliphatic rings. The number of nitrogen functional groups attached to an aromatic ring is 1. The molecule has 0 amide bonds. The van der Waals surface area contributed by atoms with Gasteiger partial charge in [-0.05, 0) is 25.0 Å². The van der Waals surface area contributed by atoms with E-state index in [-0.39, 0.29) is 0 Å². The van der Waals surface area contributed by atoms with Crippen molar-refractivity contribution in [2.75, 3.05) is 17.2 Å². The van der Waals surface area contributed by atoms with Gasteiger partial charge >= 0.3 is 0 Å². The van der Waals surface area contributed by atoms with Crippen molar-refractivity contribution >= 4 is 11.5 Å². The molecule has 18 heavy (non-hydrogen) atoms. The molecule has 0 fully saturated rings. The van der Waals surface area contributed by atoms with Gasteiger partial charge in [-0.15, -0.1) is 0 Å². The van der Waals surface area contributed by atoms with E-state index in [2.05, 4.69) is 41.2 Å². The maximum absolute atomic E-state index is 5.90. The smallest absolute Gasteiger partial charge is 0.121 e. The summed E-state index contributed by atoms with van der Waals surface area (Å²) in [6.07, 6.45) is 1.13. The largest absolute Gasteiger partial charge is 0.384 e. The van der Waals surface area contributed by atoms with Gasteiger partial charge in [-0.2, -0.15) is 5.10 Å². The minimum absolute atomic E-state index is 0.750. The second-order valence-electron chi connectivity index (χ2n) is 4.68. The third-order valence-electron chi connectivity index (χ3n) is 3.50. The Labute approximate surface area is 107 Å². The minimum atomic E-state index is 0.750. The molecule has 2 aromatic rings. The van der Waals surface area contributed by atoms with Crippen LogP contribution < -0.4 is 10.6 Å². The third kappa shape index (κ3) is 1.83. The van der Waals surface area contributed by atoms with Crippen molar-refractivity contribution in [2.45, 2.75) is 26.4 Å². The van der Waals surface area contributed by atoms with E-state index in [9.17, 15) is 0 Å². The summed E-state index contributed by atoms with van der Waals surface area (Å²) < 4.78 is 1.84. The molecule has 2 N–H and O–H groups in total. The van der Waals surface area contributed by atoms with E-state index in [1.807, 2.05) is 10.7 Å². The first-order chi connectivity index (χ1) is 8.78. The number of para-hydroxylation sites is 1. The van der Waals surface area contributed by atoms with Gasteiger partial charge in [0.05, 0.1) is 12.2 Å². The Bertz CT molecular complexity index is 559. The molecule has 0 spiro atoms. The van der Waals surface area contributed by atoms with E-state index in [0.29, 0.717) is 0 Å². The molecule has 0 bridgehead atoms. The van der Waals surface area contributed by atoms with E-state index in [1.165, 1.54) is 11.3 Å². The van der Waals surface area contributed by atoms with Gasteiger partial charge in [-0.3, -0.25) is 4.68 Å². The van der Waals surface area contributed by atoms with Gasteiger partial charge in [0, 0.05) is 24.8 Å². The maximum atomic E-state index is 5.90. The average molecular weight is 242 g/mol. The molecule has 4 heteroatoms. The highest BCUT2D eigenvalue weighted by molar-refractivity contribution is 5.58. The molecule has 3 rings (SSSR count). The molecule has 1 aliphatic heterocycles. The second-order valence-corrected chi connectivity index (χ2v) is 4.68. The third-order valence-corrected chi connectivity index (χ3v) is 3.50. The fraction of sp³-hybridized carbons (Fsp3) is 0.357. The molecule has 4 nitrogen and oxygen atoms in total. The van der Waals surface area contributed by atoms with Crippen LogP contribution in [0.4, 0.5) is 11.5 Å². The highest BCUT2D eigenvalue weighted by atomic mass is 15.3. The van der Waals surface area contributed by atoms with Gasteiger partial charge in [-0.1, -0.05) is 18.2 Å². The van der Waals surface area contributed by atoms with E-state index < -0.39 is 0 Å². The Hall–Kier alpha value is -1.97. The van der Waals surface area contributed by atoms with E-state index in [0.717, 1.165) is 37.6 Å². The first-order valence-corrected chi connectivity index (χ1v) is 6.43. The quantitative estimate of drug-likeness (QED) is 0.896. The Kier molecular flexibility index (Phi) is 2.70. The topological polar surface area (TPSA) is 47.1 Å². The lowest BCUT2D eigenvalue weighted by molar-refractivity contribution is 0.650. The van der Waals surface area contributed by atoms with Crippen LogP contribution in [0.3, 0.4) is 0 Å². The van der Waals surface area contributed by atoms with Crippen LogP contribution in [0.2, 0.25) is 0 Å². The molecule has 0 saturated carbocycles. The molecular weight excluding hydrogens is 224 g/mol. The lowest BCUT2D eigenvalue weighted by Gasteiger charge is -2.17. The zero-order valence-electron chi connectivity index (χ0n) is 10.6. The summed E-state index contributed by atoms with van der Waals surface area (Å²) in [7, 11) is 0. The number of benzene rings is 1. The second kappa shape index (κ2) is 4.37. The van der Waals surface area contributed by atoms with Crippen molar-refractivity contribution in [1.29, 1.82) is 0 Å². The van der Waals surface area contributed by atoms with Crippen molar-refractivity contribution < 1.29 is 0 Å². The standard InChI is InChI=1S/C14H18N4/c1-2-18-14(15)9-12(16-18)10-17-8-7-11-5-3-4-6-13(11)17/h3-6,9H,2,7-8,10,15H2,1H3. The predicted molar refractivity (Wildman–Crippen MR) is 73.5 cm³/mol. The van der Waals surface area contributed by atoms with E-state index >= 15 is 0 Å². The Balaban J connectivity index is 1.82. The number of nitrogens with zero attached hydrogens (tertiary/aromatic N) is 3. The molecule has 0 unspecified atom stereocenters. The monoisotopic (exact) mass is 242 g/mol. The van der Waals surface area contributed by atoms with Crippen LogP contribution in [0, 0.1) is 0 Å². The van der Waals surface area contributed by atoms with Crippen LogP contribution >= 0.6 is 0 Å². The molecule has 2 heterocycles. The first-order valence-electron chi connectivity index (χ1n) is 6.43. The number of anilines is 2. The van der Waals surface area contributed by atoms with Crippen LogP contribution in [0.5, 0.6) is 0 Å². The van der Waals surface area contributed by atoms with Crippen LogP contribution in [-0.4, -0.2) is 16.3 Å². The zero-order valence-corrected chi connectivity index (χ0v) is 10.6. The van der Waals surface area contributed by atoms with Crippen molar-refractivity contribution in [3.05, 3.63) is 41.6 Å². The van der Waals surface area contributed by atoms with Crippen molar-refractivity contribution in [2.24, 2.45) is 0 Å². The summed E-state index contributed by atoms with van der Waals surface area (Å²) in [5.41, 5.74) is 9.72. The average Bonchev–Trinajstić information content (AvgIpc) is 2.94. The predicted octanol–water partition coefficient (Wildman–Crippen LogP) is 2.05. The molecule has 1 aromatic carbocycles. The molecule has 0 radical (unpaired) electrons. The number of hydrogen-bond donors (Lipinski definition) is 1. The van der Waals surface area contributed by atoms with Gasteiger partial charge in [0.25, 0.3) is 0 Å². The van der Waals surface area contributed by atoms with E-state index in [1.54, 1.807) is 0 Å². The summed E-state index contributed by atoms with van der Waals surface area (Å²) >= 11 is 0. The Morgan fingerprint density at radius 3 is 2.94 bits per heavy atom. The van der Waals surface area contributed by atoms with Crippen LogP contribution in [0.25, 0.3) is 0 Å². The van der Waals surface area contributed by atoms with Crippen molar-refractivity contribution in [3.63, 3.8) is 0 Å². The highest BCUT2D eigenvalue weighted by Gasteiger charge is 2.19. The fourth-order valence-corrected chi connectivity index (χ4v) is 2.58. The van der Waals surface area contributed by atoms with Crippen molar-refractivity contribution in [1.82, 2.24) is 9.78 Å². The lowest BCUT2D eigenvalue weighted by Crippen LogP contribution is -2.20. The summed E-state index contributed by atoms with van der Waals surface area (Å²) in [6.45, 7) is 4.78. The lowest BCUT2D eigenvalue weighted by atomic mass is 10.2. The Morgan fingerprint density at radius 1 is 1.33 bits per heavy atom. The van der Waals surface area contributed by atoms with Crippen molar-refractivity contribution in [3.8, 4) is 0 Å². The molecule has 1 aromatic heterocycles. The van der Waals surface area contributed by atoms with Gasteiger partial charge in [0.1, 0.15) is 5.82 Å². The number of hydrogen-bond acceptors (Lipinski definition) is 3. The summed E-state index contributed by atoms with van der Waals surface area (Å²) in [4.78, 5) is 2.37. The van der Waals surface area contributed by atoms with Crippen LogP contribution in [0.15, 0.2) is 30.3 Å². The van der Waals surface area contributed by atoms with Gasteiger partial charge in [0.2, 0.25) is 0 Å². The molecule has 0 atom stereocenters. The van der Waals surface area contributed by atoms with Gasteiger partial charge < -0.3 is 10.6 Å². The highest BCUT2D eigenvalue weighted by Crippen LogP contribution is 2.28. The molecule has 94 valence electrons. The molecule has 0 saturated heterocycles.